The smallest absolute Gasteiger partial charge is 0.326 e. The zero-order valence-electron chi connectivity index (χ0n) is 12.4. The topological polar surface area (TPSA) is 102 Å². The largest absolute Gasteiger partial charge is 0.480 e. The number of carboxylic acid groups (broad SMARTS) is 1. The van der Waals surface area contributed by atoms with Crippen molar-refractivity contribution in [2.45, 2.75) is 45.2 Å². The number of aryl methyl sites for hydroxylation is 1. The maximum atomic E-state index is 12.5. The summed E-state index contributed by atoms with van der Waals surface area (Å²) in [4.78, 5) is 30.9. The number of rotatable bonds is 3. The lowest BCUT2D eigenvalue weighted by Crippen LogP contribution is -2.49. The minimum atomic E-state index is -0.938. The van der Waals surface area contributed by atoms with Crippen molar-refractivity contribution < 1.29 is 14.7 Å². The summed E-state index contributed by atoms with van der Waals surface area (Å²) in [7, 11) is 1.64. The minimum absolute atomic E-state index is 0.256. The van der Waals surface area contributed by atoms with Gasteiger partial charge >= 0.3 is 12.0 Å². The number of hydrogen-bond acceptors (Lipinski definition) is 4. The SMILES string of the molecule is Cc1nc(CN(C)C(=O)N2CCCCCC2C(=O)O)n[nH]1. The zero-order valence-corrected chi connectivity index (χ0v) is 12.4. The highest BCUT2D eigenvalue weighted by molar-refractivity contribution is 5.82. The van der Waals surface area contributed by atoms with Crippen LogP contribution in [0.1, 0.15) is 37.3 Å². The maximum Gasteiger partial charge on any atom is 0.326 e. The van der Waals surface area contributed by atoms with Crippen molar-refractivity contribution in [3.05, 3.63) is 11.6 Å². The molecule has 2 heterocycles. The van der Waals surface area contributed by atoms with Crippen LogP contribution in [0, 0.1) is 6.92 Å². The van der Waals surface area contributed by atoms with E-state index in [1.807, 2.05) is 0 Å². The third-order valence-corrected chi connectivity index (χ3v) is 3.63. The molecule has 1 saturated heterocycles. The van der Waals surface area contributed by atoms with Crippen LogP contribution >= 0.6 is 0 Å². The van der Waals surface area contributed by atoms with Gasteiger partial charge in [0.25, 0.3) is 0 Å². The van der Waals surface area contributed by atoms with Crippen LogP contribution in [0.2, 0.25) is 0 Å². The molecule has 1 aliphatic rings. The fourth-order valence-corrected chi connectivity index (χ4v) is 2.55. The summed E-state index contributed by atoms with van der Waals surface area (Å²) >= 11 is 0. The molecule has 0 saturated carbocycles. The average Bonchev–Trinajstić information content (AvgIpc) is 2.71. The predicted octanol–water partition coefficient (Wildman–Crippen LogP) is 0.994. The van der Waals surface area contributed by atoms with Crippen LogP contribution in [0.5, 0.6) is 0 Å². The number of likely N-dealkylation sites (tertiary alicyclic amines) is 1. The van der Waals surface area contributed by atoms with Crippen molar-refractivity contribution in [1.82, 2.24) is 25.0 Å². The van der Waals surface area contributed by atoms with E-state index in [9.17, 15) is 14.7 Å². The number of hydrogen-bond donors (Lipinski definition) is 2. The Bertz CT molecular complexity index is 516. The van der Waals surface area contributed by atoms with Gasteiger partial charge in [-0.2, -0.15) is 5.10 Å². The van der Waals surface area contributed by atoms with Gasteiger partial charge in [-0.25, -0.2) is 14.6 Å². The molecule has 1 aromatic heterocycles. The Labute approximate surface area is 123 Å². The molecule has 1 aromatic rings. The van der Waals surface area contributed by atoms with Crippen LogP contribution in [0.3, 0.4) is 0 Å². The van der Waals surface area contributed by atoms with Crippen LogP contribution in [0.15, 0.2) is 0 Å². The van der Waals surface area contributed by atoms with Crippen molar-refractivity contribution >= 4 is 12.0 Å². The summed E-state index contributed by atoms with van der Waals surface area (Å²) in [5.74, 6) is 0.265. The highest BCUT2D eigenvalue weighted by Crippen LogP contribution is 2.18. The Balaban J connectivity index is 2.06. The molecular formula is C13H21N5O3. The molecule has 2 amide bonds. The van der Waals surface area contributed by atoms with Gasteiger partial charge in [-0.05, 0) is 19.8 Å². The first-order valence-electron chi connectivity index (χ1n) is 7.11. The molecule has 0 radical (unpaired) electrons. The van der Waals surface area contributed by atoms with E-state index in [1.54, 1.807) is 14.0 Å². The number of carbonyl (C=O) groups excluding carboxylic acids is 1. The van der Waals surface area contributed by atoms with E-state index in [0.717, 1.165) is 19.3 Å². The second-order valence-corrected chi connectivity index (χ2v) is 5.37. The molecule has 1 unspecified atom stereocenters. The second kappa shape index (κ2) is 6.55. The molecule has 0 bridgehead atoms. The van der Waals surface area contributed by atoms with Gasteiger partial charge in [0.1, 0.15) is 11.9 Å². The Kier molecular flexibility index (Phi) is 4.77. The van der Waals surface area contributed by atoms with Gasteiger partial charge in [0.2, 0.25) is 0 Å². The van der Waals surface area contributed by atoms with Gasteiger partial charge in [0, 0.05) is 13.6 Å². The minimum Gasteiger partial charge on any atom is -0.480 e. The van der Waals surface area contributed by atoms with E-state index in [4.69, 9.17) is 0 Å². The summed E-state index contributed by atoms with van der Waals surface area (Å²) in [6.45, 7) is 2.52. The molecule has 116 valence electrons. The van der Waals surface area contributed by atoms with Gasteiger partial charge in [-0.3, -0.25) is 5.10 Å². The number of urea groups is 1. The predicted molar refractivity (Wildman–Crippen MR) is 74.6 cm³/mol. The second-order valence-electron chi connectivity index (χ2n) is 5.37. The quantitative estimate of drug-likeness (QED) is 0.865. The summed E-state index contributed by atoms with van der Waals surface area (Å²) in [5, 5.41) is 16.0. The summed E-state index contributed by atoms with van der Waals surface area (Å²) in [5.41, 5.74) is 0. The lowest BCUT2D eigenvalue weighted by molar-refractivity contribution is -0.142. The molecular weight excluding hydrogens is 274 g/mol. The van der Waals surface area contributed by atoms with Crippen LogP contribution in [0.4, 0.5) is 4.79 Å². The van der Waals surface area contributed by atoms with E-state index in [2.05, 4.69) is 15.2 Å². The van der Waals surface area contributed by atoms with Gasteiger partial charge in [0.15, 0.2) is 5.82 Å². The molecule has 8 heteroatoms. The number of carboxylic acids is 1. The number of aromatic nitrogens is 3. The highest BCUT2D eigenvalue weighted by atomic mass is 16.4. The lowest BCUT2D eigenvalue weighted by Gasteiger charge is -2.30. The molecule has 2 N–H and O–H groups in total. The van der Waals surface area contributed by atoms with Gasteiger partial charge in [-0.1, -0.05) is 12.8 Å². The lowest BCUT2D eigenvalue weighted by atomic mass is 10.1. The van der Waals surface area contributed by atoms with E-state index >= 15 is 0 Å². The fourth-order valence-electron chi connectivity index (χ4n) is 2.55. The normalized spacial score (nSPS) is 19.1. The average molecular weight is 295 g/mol. The number of aromatic amines is 1. The first kappa shape index (κ1) is 15.3. The molecule has 1 atom stereocenters. The number of carbonyl (C=O) groups is 2. The molecule has 1 fully saturated rings. The monoisotopic (exact) mass is 295 g/mol. The van der Waals surface area contributed by atoms with E-state index < -0.39 is 12.0 Å². The Hall–Kier alpha value is -2.12. The van der Waals surface area contributed by atoms with Gasteiger partial charge in [-0.15, -0.1) is 0 Å². The van der Waals surface area contributed by atoms with Crippen molar-refractivity contribution in [3.8, 4) is 0 Å². The van der Waals surface area contributed by atoms with E-state index in [1.165, 1.54) is 9.80 Å². The molecule has 21 heavy (non-hydrogen) atoms. The van der Waals surface area contributed by atoms with E-state index in [0.29, 0.717) is 24.6 Å². The van der Waals surface area contributed by atoms with Crippen molar-refractivity contribution in [2.75, 3.05) is 13.6 Å². The fraction of sp³-hybridized carbons (Fsp3) is 0.692. The molecule has 8 nitrogen and oxygen atoms in total. The third kappa shape index (κ3) is 3.71. The standard InChI is InChI=1S/C13H21N5O3/c1-9-14-11(16-15-9)8-17(2)13(21)18-7-5-3-4-6-10(18)12(19)20/h10H,3-8H2,1-2H3,(H,19,20)(H,14,15,16). The van der Waals surface area contributed by atoms with Crippen LogP contribution in [-0.4, -0.2) is 61.7 Å². The molecule has 0 aromatic carbocycles. The molecule has 2 rings (SSSR count). The maximum absolute atomic E-state index is 12.5. The van der Waals surface area contributed by atoms with Gasteiger partial charge < -0.3 is 14.9 Å². The van der Waals surface area contributed by atoms with Crippen molar-refractivity contribution in [3.63, 3.8) is 0 Å². The Morgan fingerprint density at radius 2 is 2.19 bits per heavy atom. The van der Waals surface area contributed by atoms with Crippen LogP contribution in [-0.2, 0) is 11.3 Å². The van der Waals surface area contributed by atoms with Crippen LogP contribution < -0.4 is 0 Å². The number of H-pyrrole nitrogens is 1. The Morgan fingerprint density at radius 1 is 1.43 bits per heavy atom. The zero-order chi connectivity index (χ0) is 15.4. The number of nitrogens with zero attached hydrogens (tertiary/aromatic N) is 4. The van der Waals surface area contributed by atoms with Crippen molar-refractivity contribution in [1.29, 1.82) is 0 Å². The number of nitrogens with one attached hydrogen (secondary N) is 1. The first-order valence-corrected chi connectivity index (χ1v) is 7.11. The highest BCUT2D eigenvalue weighted by Gasteiger charge is 2.32. The molecule has 0 aliphatic carbocycles. The summed E-state index contributed by atoms with van der Waals surface area (Å²) in [6.07, 6.45) is 3.14. The molecule has 0 spiro atoms. The molecule has 1 aliphatic heterocycles. The summed E-state index contributed by atoms with van der Waals surface area (Å²) in [6, 6.07) is -1.02. The number of aliphatic carboxylic acids is 1. The Morgan fingerprint density at radius 3 is 2.81 bits per heavy atom. The summed E-state index contributed by atoms with van der Waals surface area (Å²) < 4.78 is 0. The third-order valence-electron chi connectivity index (χ3n) is 3.63. The van der Waals surface area contributed by atoms with Crippen LogP contribution in [0.25, 0.3) is 0 Å². The van der Waals surface area contributed by atoms with E-state index in [-0.39, 0.29) is 12.6 Å². The number of amides is 2. The van der Waals surface area contributed by atoms with Crippen molar-refractivity contribution in [2.24, 2.45) is 0 Å². The van der Waals surface area contributed by atoms with Gasteiger partial charge in [0.05, 0.1) is 6.54 Å². The first-order chi connectivity index (χ1) is 9.99.